The second-order valence-electron chi connectivity index (χ2n) is 5.56. The van der Waals surface area contributed by atoms with E-state index in [2.05, 4.69) is 17.5 Å². The van der Waals surface area contributed by atoms with Crippen LogP contribution in [0, 0.1) is 11.7 Å². The van der Waals surface area contributed by atoms with E-state index >= 15 is 0 Å². The van der Waals surface area contributed by atoms with Crippen molar-refractivity contribution in [3.8, 4) is 5.75 Å². The molecule has 0 bridgehead atoms. The van der Waals surface area contributed by atoms with Crippen LogP contribution in [0.25, 0.3) is 0 Å². The van der Waals surface area contributed by atoms with Gasteiger partial charge in [-0.2, -0.15) is 0 Å². The normalized spacial score (nSPS) is 16.4. The van der Waals surface area contributed by atoms with Crippen LogP contribution in [0.1, 0.15) is 32.6 Å². The van der Waals surface area contributed by atoms with E-state index in [1.165, 1.54) is 19.1 Å². The minimum Gasteiger partial charge on any atom is -0.479 e. The maximum atomic E-state index is 14.0. The standard InChI is InChI=1S/C17H20FNO4/c1-11(17(21)22)23-15-9-8-13(10-14(15)18)19-16(20)12-6-4-2-3-5-7-12/h2-3,8-12H,4-7H2,1H3,(H,19,20)(H,21,22)/t11-/m0/s1. The molecular weight excluding hydrogens is 301 g/mol. The number of hydrogen-bond acceptors (Lipinski definition) is 3. The molecule has 0 aromatic heterocycles. The number of carboxylic acids is 1. The number of allylic oxidation sites excluding steroid dienone is 2. The molecule has 5 nitrogen and oxygen atoms in total. The van der Waals surface area contributed by atoms with E-state index in [0.29, 0.717) is 5.69 Å². The molecule has 0 unspecified atom stereocenters. The molecule has 0 radical (unpaired) electrons. The average Bonchev–Trinajstić information content (AvgIpc) is 2.79. The van der Waals surface area contributed by atoms with Crippen LogP contribution in [-0.4, -0.2) is 23.1 Å². The molecule has 0 saturated carbocycles. The first-order valence-corrected chi connectivity index (χ1v) is 7.62. The van der Waals surface area contributed by atoms with E-state index in [9.17, 15) is 14.0 Å². The summed E-state index contributed by atoms with van der Waals surface area (Å²) in [6.45, 7) is 1.32. The summed E-state index contributed by atoms with van der Waals surface area (Å²) in [5, 5.41) is 11.5. The second kappa shape index (κ2) is 7.76. The van der Waals surface area contributed by atoms with Gasteiger partial charge in [-0.3, -0.25) is 4.79 Å². The van der Waals surface area contributed by atoms with Gasteiger partial charge in [-0.25, -0.2) is 9.18 Å². The van der Waals surface area contributed by atoms with Crippen molar-refractivity contribution in [1.29, 1.82) is 0 Å². The Labute approximate surface area is 134 Å². The zero-order valence-electron chi connectivity index (χ0n) is 12.9. The number of carbonyl (C=O) groups is 2. The lowest BCUT2D eigenvalue weighted by Gasteiger charge is -2.15. The molecule has 23 heavy (non-hydrogen) atoms. The molecule has 1 atom stereocenters. The predicted molar refractivity (Wildman–Crippen MR) is 83.9 cm³/mol. The number of halogens is 1. The Balaban J connectivity index is 1.99. The molecule has 1 aromatic rings. The van der Waals surface area contributed by atoms with E-state index in [4.69, 9.17) is 9.84 Å². The first-order valence-electron chi connectivity index (χ1n) is 7.62. The van der Waals surface area contributed by atoms with Crippen LogP contribution in [0.3, 0.4) is 0 Å². The third-order valence-corrected chi connectivity index (χ3v) is 3.75. The molecule has 1 aliphatic carbocycles. The van der Waals surface area contributed by atoms with Crippen molar-refractivity contribution < 1.29 is 23.8 Å². The lowest BCUT2D eigenvalue weighted by molar-refractivity contribution is -0.144. The zero-order valence-corrected chi connectivity index (χ0v) is 12.9. The van der Waals surface area contributed by atoms with Gasteiger partial charge in [0.1, 0.15) is 0 Å². The fraction of sp³-hybridized carbons (Fsp3) is 0.412. The van der Waals surface area contributed by atoms with Crippen molar-refractivity contribution in [2.75, 3.05) is 5.32 Å². The molecule has 0 heterocycles. The molecule has 1 aromatic carbocycles. The Hall–Kier alpha value is -2.37. The summed E-state index contributed by atoms with van der Waals surface area (Å²) < 4.78 is 19.0. The van der Waals surface area contributed by atoms with E-state index in [1.807, 2.05) is 0 Å². The summed E-state index contributed by atoms with van der Waals surface area (Å²) in [5.41, 5.74) is 0.333. The van der Waals surface area contributed by atoms with Gasteiger partial charge in [0.15, 0.2) is 17.7 Å². The smallest absolute Gasteiger partial charge is 0.344 e. The largest absolute Gasteiger partial charge is 0.479 e. The monoisotopic (exact) mass is 321 g/mol. The van der Waals surface area contributed by atoms with Crippen LogP contribution in [0.5, 0.6) is 5.75 Å². The Bertz CT molecular complexity index is 605. The fourth-order valence-corrected chi connectivity index (χ4v) is 2.40. The lowest BCUT2D eigenvalue weighted by Crippen LogP contribution is -2.24. The zero-order chi connectivity index (χ0) is 16.8. The van der Waals surface area contributed by atoms with Crippen LogP contribution in [0.15, 0.2) is 30.4 Å². The number of hydrogen-bond donors (Lipinski definition) is 2. The lowest BCUT2D eigenvalue weighted by atomic mass is 9.99. The number of nitrogens with one attached hydrogen (secondary N) is 1. The Morgan fingerprint density at radius 1 is 1.30 bits per heavy atom. The summed E-state index contributed by atoms with van der Waals surface area (Å²) >= 11 is 0. The maximum Gasteiger partial charge on any atom is 0.344 e. The highest BCUT2D eigenvalue weighted by Gasteiger charge is 2.20. The quantitative estimate of drug-likeness (QED) is 0.815. The van der Waals surface area contributed by atoms with Crippen LogP contribution < -0.4 is 10.1 Å². The Morgan fingerprint density at radius 3 is 2.52 bits per heavy atom. The molecule has 0 fully saturated rings. The Kier molecular flexibility index (Phi) is 5.73. The third kappa shape index (κ3) is 4.81. The first kappa shape index (κ1) is 17.0. The van der Waals surface area contributed by atoms with E-state index in [-0.39, 0.29) is 17.6 Å². The maximum absolute atomic E-state index is 14.0. The number of benzene rings is 1. The van der Waals surface area contributed by atoms with Gasteiger partial charge in [0.2, 0.25) is 5.91 Å². The SMILES string of the molecule is C[C@H](Oc1ccc(NC(=O)C2CCC=CCC2)cc1F)C(=O)O. The molecule has 1 aliphatic rings. The third-order valence-electron chi connectivity index (χ3n) is 3.75. The number of anilines is 1. The molecule has 1 amide bonds. The molecular formula is C17H20FNO4. The molecule has 2 rings (SSSR count). The molecule has 124 valence electrons. The summed E-state index contributed by atoms with van der Waals surface area (Å²) in [6.07, 6.45) is 6.29. The van der Waals surface area contributed by atoms with Gasteiger partial charge >= 0.3 is 5.97 Å². The molecule has 6 heteroatoms. The van der Waals surface area contributed by atoms with E-state index in [1.54, 1.807) is 0 Å². The van der Waals surface area contributed by atoms with Crippen molar-refractivity contribution in [3.05, 3.63) is 36.2 Å². The second-order valence-corrected chi connectivity index (χ2v) is 5.56. The highest BCUT2D eigenvalue weighted by atomic mass is 19.1. The van der Waals surface area contributed by atoms with Crippen molar-refractivity contribution in [3.63, 3.8) is 0 Å². The van der Waals surface area contributed by atoms with Gasteiger partial charge in [-0.15, -0.1) is 0 Å². The molecule has 0 spiro atoms. The summed E-state index contributed by atoms with van der Waals surface area (Å²) in [5.74, 6) is -2.25. The topological polar surface area (TPSA) is 75.6 Å². The molecule has 0 saturated heterocycles. The van der Waals surface area contributed by atoms with Gasteiger partial charge < -0.3 is 15.2 Å². The molecule has 0 aliphatic heterocycles. The Morgan fingerprint density at radius 2 is 1.96 bits per heavy atom. The van der Waals surface area contributed by atoms with Crippen LogP contribution in [0.4, 0.5) is 10.1 Å². The molecule has 2 N–H and O–H groups in total. The number of ether oxygens (including phenoxy) is 1. The number of carbonyl (C=O) groups excluding carboxylic acids is 1. The fourth-order valence-electron chi connectivity index (χ4n) is 2.40. The van der Waals surface area contributed by atoms with Crippen molar-refractivity contribution in [2.24, 2.45) is 5.92 Å². The van der Waals surface area contributed by atoms with Gasteiger partial charge in [-0.1, -0.05) is 12.2 Å². The minimum atomic E-state index is -1.18. The number of rotatable bonds is 5. The number of aliphatic carboxylic acids is 1. The average molecular weight is 321 g/mol. The van der Waals surface area contributed by atoms with Crippen molar-refractivity contribution in [1.82, 2.24) is 0 Å². The predicted octanol–water partition coefficient (Wildman–Crippen LogP) is 3.36. The van der Waals surface area contributed by atoms with Gasteiger partial charge in [0.25, 0.3) is 0 Å². The summed E-state index contributed by atoms with van der Waals surface area (Å²) in [4.78, 5) is 22.9. The number of amides is 1. The van der Waals surface area contributed by atoms with Gasteiger partial charge in [0.05, 0.1) is 0 Å². The van der Waals surface area contributed by atoms with Gasteiger partial charge in [0, 0.05) is 17.7 Å². The summed E-state index contributed by atoms with van der Waals surface area (Å²) in [6, 6.07) is 3.95. The van der Waals surface area contributed by atoms with Crippen molar-refractivity contribution in [2.45, 2.75) is 38.7 Å². The minimum absolute atomic E-state index is 0.0870. The summed E-state index contributed by atoms with van der Waals surface area (Å²) in [7, 11) is 0. The van der Waals surface area contributed by atoms with Crippen LogP contribution in [0.2, 0.25) is 0 Å². The van der Waals surface area contributed by atoms with Crippen LogP contribution >= 0.6 is 0 Å². The van der Waals surface area contributed by atoms with Crippen LogP contribution in [-0.2, 0) is 9.59 Å². The van der Waals surface area contributed by atoms with E-state index < -0.39 is 17.9 Å². The first-order chi connectivity index (χ1) is 11.0. The highest BCUT2D eigenvalue weighted by molar-refractivity contribution is 5.92. The highest BCUT2D eigenvalue weighted by Crippen LogP contribution is 2.24. The number of carboxylic acid groups (broad SMARTS) is 1. The van der Waals surface area contributed by atoms with Gasteiger partial charge in [-0.05, 0) is 44.7 Å². The van der Waals surface area contributed by atoms with E-state index in [0.717, 1.165) is 31.7 Å². The van der Waals surface area contributed by atoms with Crippen molar-refractivity contribution >= 4 is 17.6 Å².